The number of alkyl halides is 3. The molecule has 1 aromatic rings. The van der Waals surface area contributed by atoms with E-state index in [0.717, 1.165) is 12.1 Å². The Morgan fingerprint density at radius 2 is 1.82 bits per heavy atom. The van der Waals surface area contributed by atoms with Gasteiger partial charge in [0.2, 0.25) is 0 Å². The molecule has 2 nitrogen and oxygen atoms in total. The Hall–Kier alpha value is -1.78. The van der Waals surface area contributed by atoms with Gasteiger partial charge in [0.05, 0.1) is 5.56 Å². The van der Waals surface area contributed by atoms with Crippen molar-refractivity contribution >= 4 is 11.5 Å². The van der Waals surface area contributed by atoms with Crippen LogP contribution in [0.4, 0.5) is 13.2 Å². The molecule has 0 aliphatic heterocycles. The fraction of sp³-hybridized carbons (Fsp3) is 0.250. The van der Waals surface area contributed by atoms with Gasteiger partial charge in [0, 0.05) is 5.57 Å². The fourth-order valence-corrected chi connectivity index (χ4v) is 1.31. The Balaban J connectivity index is 3.26. The third kappa shape index (κ3) is 3.09. The molecule has 0 aliphatic rings. The molecule has 0 fully saturated rings. The molecule has 1 rings (SSSR count). The van der Waals surface area contributed by atoms with Crippen LogP contribution >= 0.6 is 0 Å². The van der Waals surface area contributed by atoms with Gasteiger partial charge in [-0.3, -0.25) is 0 Å². The van der Waals surface area contributed by atoms with Crippen molar-refractivity contribution in [3.8, 4) is 0 Å². The van der Waals surface area contributed by atoms with E-state index in [-0.39, 0.29) is 11.1 Å². The molecule has 0 aliphatic carbocycles. The van der Waals surface area contributed by atoms with Crippen LogP contribution in [-0.2, 0) is 11.0 Å². The predicted molar refractivity (Wildman–Crippen MR) is 57.3 cm³/mol. The smallest absolute Gasteiger partial charge is 0.416 e. The summed E-state index contributed by atoms with van der Waals surface area (Å²) in [5.41, 5.74) is -0.166. The monoisotopic (exact) mass is 244 g/mol. The summed E-state index contributed by atoms with van der Waals surface area (Å²) in [5.74, 6) is -1.14. The van der Waals surface area contributed by atoms with E-state index in [2.05, 4.69) is 0 Å². The number of carboxylic acid groups (broad SMARTS) is 1. The van der Waals surface area contributed by atoms with Crippen LogP contribution in [0.5, 0.6) is 0 Å². The molecule has 0 radical (unpaired) electrons. The van der Waals surface area contributed by atoms with E-state index in [0.29, 0.717) is 5.57 Å². The summed E-state index contributed by atoms with van der Waals surface area (Å²) < 4.78 is 37.4. The second-order valence-corrected chi connectivity index (χ2v) is 3.63. The number of rotatable bonds is 2. The Kier molecular flexibility index (Phi) is 3.60. The number of benzene rings is 1. The summed E-state index contributed by atoms with van der Waals surface area (Å²) in [6, 6.07) is 4.61. The van der Waals surface area contributed by atoms with Crippen molar-refractivity contribution < 1.29 is 23.1 Å². The first-order valence-corrected chi connectivity index (χ1v) is 4.82. The van der Waals surface area contributed by atoms with Crippen LogP contribution in [0.3, 0.4) is 0 Å². The minimum Gasteiger partial charge on any atom is -0.478 e. The van der Waals surface area contributed by atoms with Crippen LogP contribution in [0.2, 0.25) is 0 Å². The standard InChI is InChI=1S/C12H11F3O2/c1-7(8(2)11(16)17)9-4-3-5-10(6-9)12(13,14)15/h3-6H,1-2H3,(H,16,17)/b8-7+. The first-order valence-electron chi connectivity index (χ1n) is 4.82. The zero-order chi connectivity index (χ0) is 13.2. The van der Waals surface area contributed by atoms with Crippen LogP contribution < -0.4 is 0 Å². The lowest BCUT2D eigenvalue weighted by Gasteiger charge is -2.10. The van der Waals surface area contributed by atoms with Gasteiger partial charge < -0.3 is 5.11 Å². The minimum absolute atomic E-state index is 0.0318. The van der Waals surface area contributed by atoms with Crippen LogP contribution in [0.25, 0.3) is 5.57 Å². The van der Waals surface area contributed by atoms with Crippen LogP contribution in [0.1, 0.15) is 25.0 Å². The minimum atomic E-state index is -4.42. The maximum atomic E-state index is 12.5. The first kappa shape index (κ1) is 13.3. The predicted octanol–water partition coefficient (Wildman–Crippen LogP) is 3.58. The number of aliphatic carboxylic acids is 1. The van der Waals surface area contributed by atoms with Gasteiger partial charge in [-0.05, 0) is 37.1 Å². The van der Waals surface area contributed by atoms with Crippen LogP contribution in [0, 0.1) is 0 Å². The van der Waals surface area contributed by atoms with Gasteiger partial charge in [0.1, 0.15) is 0 Å². The zero-order valence-electron chi connectivity index (χ0n) is 9.30. The van der Waals surface area contributed by atoms with Crippen molar-refractivity contribution in [2.75, 3.05) is 0 Å². The molecule has 0 saturated heterocycles. The first-order chi connectivity index (χ1) is 7.73. The number of hydrogen-bond donors (Lipinski definition) is 1. The molecule has 0 bridgehead atoms. The quantitative estimate of drug-likeness (QED) is 0.807. The van der Waals surface area contributed by atoms with E-state index < -0.39 is 17.7 Å². The molecule has 0 saturated carbocycles. The van der Waals surface area contributed by atoms with Gasteiger partial charge in [-0.15, -0.1) is 0 Å². The summed E-state index contributed by atoms with van der Waals surface area (Å²) in [5, 5.41) is 8.76. The number of halogens is 3. The highest BCUT2D eigenvalue weighted by atomic mass is 19.4. The van der Waals surface area contributed by atoms with Crippen molar-refractivity contribution in [1.29, 1.82) is 0 Å². The third-order valence-electron chi connectivity index (χ3n) is 2.51. The third-order valence-corrected chi connectivity index (χ3v) is 2.51. The van der Waals surface area contributed by atoms with Gasteiger partial charge in [-0.25, -0.2) is 4.79 Å². The highest BCUT2D eigenvalue weighted by molar-refractivity contribution is 5.95. The van der Waals surface area contributed by atoms with E-state index in [1.165, 1.54) is 26.0 Å². The lowest BCUT2D eigenvalue weighted by molar-refractivity contribution is -0.137. The second-order valence-electron chi connectivity index (χ2n) is 3.63. The second kappa shape index (κ2) is 4.61. The molecular formula is C12H11F3O2. The molecule has 0 unspecified atom stereocenters. The molecule has 92 valence electrons. The number of hydrogen-bond acceptors (Lipinski definition) is 1. The number of allylic oxidation sites excluding steroid dienone is 1. The van der Waals surface area contributed by atoms with E-state index >= 15 is 0 Å². The van der Waals surface area contributed by atoms with E-state index in [1.807, 2.05) is 0 Å². The van der Waals surface area contributed by atoms with Gasteiger partial charge in [-0.2, -0.15) is 13.2 Å². The van der Waals surface area contributed by atoms with Crippen molar-refractivity contribution in [2.45, 2.75) is 20.0 Å². The number of carbonyl (C=O) groups is 1. The van der Waals surface area contributed by atoms with E-state index in [9.17, 15) is 18.0 Å². The van der Waals surface area contributed by atoms with E-state index in [1.54, 1.807) is 0 Å². The molecular weight excluding hydrogens is 233 g/mol. The Bertz CT molecular complexity index is 473. The molecule has 0 spiro atoms. The van der Waals surface area contributed by atoms with Gasteiger partial charge in [0.15, 0.2) is 0 Å². The molecule has 1 aromatic carbocycles. The maximum absolute atomic E-state index is 12.5. The summed E-state index contributed by atoms with van der Waals surface area (Å²) in [7, 11) is 0. The van der Waals surface area contributed by atoms with Crippen molar-refractivity contribution in [3.05, 3.63) is 41.0 Å². The summed E-state index contributed by atoms with van der Waals surface area (Å²) in [6.45, 7) is 2.84. The fourth-order valence-electron chi connectivity index (χ4n) is 1.31. The molecule has 0 aromatic heterocycles. The maximum Gasteiger partial charge on any atom is 0.416 e. The topological polar surface area (TPSA) is 37.3 Å². The molecule has 0 amide bonds. The van der Waals surface area contributed by atoms with Crippen LogP contribution in [-0.4, -0.2) is 11.1 Å². The normalized spacial score (nSPS) is 13.2. The van der Waals surface area contributed by atoms with Crippen LogP contribution in [0.15, 0.2) is 29.8 Å². The number of carboxylic acids is 1. The van der Waals surface area contributed by atoms with Crippen molar-refractivity contribution in [1.82, 2.24) is 0 Å². The molecule has 0 atom stereocenters. The lowest BCUT2D eigenvalue weighted by Crippen LogP contribution is -2.05. The van der Waals surface area contributed by atoms with Crippen molar-refractivity contribution in [3.63, 3.8) is 0 Å². The molecule has 0 heterocycles. The molecule has 5 heteroatoms. The molecule has 1 N–H and O–H groups in total. The summed E-state index contributed by atoms with van der Waals surface area (Å²) >= 11 is 0. The lowest BCUT2D eigenvalue weighted by atomic mass is 10.0. The van der Waals surface area contributed by atoms with Gasteiger partial charge in [-0.1, -0.05) is 12.1 Å². The highest BCUT2D eigenvalue weighted by Crippen LogP contribution is 2.31. The molecule has 17 heavy (non-hydrogen) atoms. The largest absolute Gasteiger partial charge is 0.478 e. The highest BCUT2D eigenvalue weighted by Gasteiger charge is 2.30. The summed E-state index contributed by atoms with van der Waals surface area (Å²) in [4.78, 5) is 10.7. The average Bonchev–Trinajstić information content (AvgIpc) is 2.26. The summed E-state index contributed by atoms with van der Waals surface area (Å²) in [6.07, 6.45) is -4.42. The zero-order valence-corrected chi connectivity index (χ0v) is 9.30. The Labute approximate surface area is 96.4 Å². The SMILES string of the molecule is C/C(C(=O)O)=C(/C)c1cccc(C(F)(F)F)c1. The van der Waals surface area contributed by atoms with Gasteiger partial charge >= 0.3 is 12.1 Å². The average molecular weight is 244 g/mol. The van der Waals surface area contributed by atoms with E-state index in [4.69, 9.17) is 5.11 Å². The Morgan fingerprint density at radius 1 is 1.24 bits per heavy atom. The van der Waals surface area contributed by atoms with Gasteiger partial charge in [0.25, 0.3) is 0 Å². The Morgan fingerprint density at radius 3 is 2.29 bits per heavy atom. The van der Waals surface area contributed by atoms with Crippen molar-refractivity contribution in [2.24, 2.45) is 0 Å².